The van der Waals surface area contributed by atoms with Crippen LogP contribution in [0.2, 0.25) is 5.02 Å². The molecule has 2 aromatic rings. The third-order valence-corrected chi connectivity index (χ3v) is 3.10. The number of aryl methyl sites for hydroxylation is 1. The number of halogens is 4. The van der Waals surface area contributed by atoms with Crippen LogP contribution in [0.15, 0.2) is 42.5 Å². The Kier molecular flexibility index (Phi) is 3.71. The van der Waals surface area contributed by atoms with E-state index in [0.717, 1.165) is 5.56 Å². The Morgan fingerprint density at radius 3 is 2.26 bits per heavy atom. The molecule has 0 N–H and O–H groups in total. The first-order valence-corrected chi connectivity index (χ1v) is 5.86. The second-order valence-corrected chi connectivity index (χ2v) is 4.36. The molecule has 100 valence electrons. The molecule has 0 saturated carbocycles. The molecule has 0 radical (unpaired) electrons. The van der Waals surface area contributed by atoms with Gasteiger partial charge in [0.2, 0.25) is 0 Å². The van der Waals surface area contributed by atoms with Crippen LogP contribution in [0.5, 0.6) is 5.75 Å². The summed E-state index contributed by atoms with van der Waals surface area (Å²) < 4.78 is 41.1. The summed E-state index contributed by atoms with van der Waals surface area (Å²) in [6.07, 6.45) is -4.73. The lowest BCUT2D eigenvalue weighted by Gasteiger charge is -2.14. The molecule has 1 nitrogen and oxygen atoms in total. The van der Waals surface area contributed by atoms with Gasteiger partial charge in [-0.2, -0.15) is 0 Å². The molecule has 0 aliphatic heterocycles. The van der Waals surface area contributed by atoms with Gasteiger partial charge in [0.25, 0.3) is 0 Å². The number of rotatable bonds is 2. The van der Waals surface area contributed by atoms with Crippen molar-refractivity contribution in [1.29, 1.82) is 0 Å². The third-order valence-electron chi connectivity index (χ3n) is 2.59. The van der Waals surface area contributed by atoms with Crippen LogP contribution in [0.4, 0.5) is 13.2 Å². The first-order chi connectivity index (χ1) is 8.88. The van der Waals surface area contributed by atoms with Crippen molar-refractivity contribution in [3.8, 4) is 16.9 Å². The molecule has 0 spiro atoms. The highest BCUT2D eigenvalue weighted by molar-refractivity contribution is 6.34. The van der Waals surface area contributed by atoms with E-state index in [4.69, 9.17) is 11.6 Å². The van der Waals surface area contributed by atoms with Gasteiger partial charge in [-0.05, 0) is 18.6 Å². The van der Waals surface area contributed by atoms with E-state index in [1.165, 1.54) is 12.1 Å². The van der Waals surface area contributed by atoms with Gasteiger partial charge >= 0.3 is 6.36 Å². The van der Waals surface area contributed by atoms with Crippen molar-refractivity contribution < 1.29 is 17.9 Å². The van der Waals surface area contributed by atoms with Gasteiger partial charge in [-0.25, -0.2) is 0 Å². The highest BCUT2D eigenvalue weighted by atomic mass is 35.5. The molecular weight excluding hydrogens is 277 g/mol. The zero-order valence-corrected chi connectivity index (χ0v) is 10.7. The number of para-hydroxylation sites is 1. The Bertz CT molecular complexity index is 593. The monoisotopic (exact) mass is 286 g/mol. The van der Waals surface area contributed by atoms with Crippen LogP contribution in [0.25, 0.3) is 11.1 Å². The lowest BCUT2D eigenvalue weighted by Crippen LogP contribution is -2.17. The minimum absolute atomic E-state index is 0.262. The van der Waals surface area contributed by atoms with Gasteiger partial charge in [0.05, 0.1) is 5.02 Å². The highest BCUT2D eigenvalue weighted by Crippen LogP contribution is 2.38. The summed E-state index contributed by atoms with van der Waals surface area (Å²) in [5, 5.41) is 0.417. The minimum atomic E-state index is -4.73. The molecule has 0 aliphatic rings. The normalized spacial score (nSPS) is 11.4. The van der Waals surface area contributed by atoms with Crippen molar-refractivity contribution in [2.75, 3.05) is 0 Å². The summed E-state index contributed by atoms with van der Waals surface area (Å²) in [6.45, 7) is 1.79. The highest BCUT2D eigenvalue weighted by Gasteiger charge is 2.32. The van der Waals surface area contributed by atoms with E-state index >= 15 is 0 Å². The number of benzene rings is 2. The topological polar surface area (TPSA) is 9.23 Å². The van der Waals surface area contributed by atoms with Crippen LogP contribution < -0.4 is 4.74 Å². The SMILES string of the molecule is Cc1cccc(-c2ccccc2OC(F)(F)F)c1Cl. The third kappa shape index (κ3) is 3.20. The number of hydrogen-bond donors (Lipinski definition) is 0. The Balaban J connectivity index is 2.54. The predicted octanol–water partition coefficient (Wildman–Crippen LogP) is 5.21. The average Bonchev–Trinajstić information content (AvgIpc) is 2.32. The quantitative estimate of drug-likeness (QED) is 0.736. The van der Waals surface area contributed by atoms with Crippen LogP contribution >= 0.6 is 11.6 Å². The van der Waals surface area contributed by atoms with Gasteiger partial charge in [0, 0.05) is 11.1 Å². The van der Waals surface area contributed by atoms with Gasteiger partial charge < -0.3 is 4.74 Å². The molecule has 0 unspecified atom stereocenters. The second kappa shape index (κ2) is 5.13. The molecule has 2 aromatic carbocycles. The van der Waals surface area contributed by atoms with E-state index < -0.39 is 6.36 Å². The van der Waals surface area contributed by atoms with Crippen LogP contribution in [-0.2, 0) is 0 Å². The van der Waals surface area contributed by atoms with Crippen LogP contribution in [0, 0.1) is 6.92 Å². The summed E-state index contributed by atoms with van der Waals surface area (Å²) in [5.74, 6) is -0.262. The molecular formula is C14H10ClF3O. The number of alkyl halides is 3. The fraction of sp³-hybridized carbons (Fsp3) is 0.143. The fourth-order valence-corrected chi connectivity index (χ4v) is 1.99. The zero-order chi connectivity index (χ0) is 14.0. The molecule has 0 amide bonds. The first-order valence-electron chi connectivity index (χ1n) is 5.49. The van der Waals surface area contributed by atoms with E-state index in [1.54, 1.807) is 37.3 Å². The van der Waals surface area contributed by atoms with Crippen molar-refractivity contribution in [3.05, 3.63) is 53.1 Å². The Morgan fingerprint density at radius 1 is 0.947 bits per heavy atom. The Morgan fingerprint density at radius 2 is 1.58 bits per heavy atom. The van der Waals surface area contributed by atoms with Gasteiger partial charge in [-0.1, -0.05) is 48.0 Å². The van der Waals surface area contributed by atoms with E-state index in [9.17, 15) is 13.2 Å². The summed E-state index contributed by atoms with van der Waals surface area (Å²) in [4.78, 5) is 0. The smallest absolute Gasteiger partial charge is 0.405 e. The lowest BCUT2D eigenvalue weighted by molar-refractivity contribution is -0.274. The Hall–Kier alpha value is -1.68. The largest absolute Gasteiger partial charge is 0.573 e. The van der Waals surface area contributed by atoms with E-state index in [1.807, 2.05) is 0 Å². The van der Waals surface area contributed by atoms with E-state index in [2.05, 4.69) is 4.74 Å². The van der Waals surface area contributed by atoms with Crippen molar-refractivity contribution in [3.63, 3.8) is 0 Å². The predicted molar refractivity (Wildman–Crippen MR) is 68.3 cm³/mol. The van der Waals surface area contributed by atoms with E-state index in [-0.39, 0.29) is 5.75 Å². The molecule has 0 heterocycles. The van der Waals surface area contributed by atoms with Crippen molar-refractivity contribution in [2.45, 2.75) is 13.3 Å². The average molecular weight is 287 g/mol. The minimum Gasteiger partial charge on any atom is -0.405 e. The molecule has 0 aliphatic carbocycles. The Labute approximate surface area is 113 Å². The van der Waals surface area contributed by atoms with Gasteiger partial charge in [-0.15, -0.1) is 13.2 Å². The maximum absolute atomic E-state index is 12.4. The lowest BCUT2D eigenvalue weighted by atomic mass is 10.0. The number of ether oxygens (including phenoxy) is 1. The van der Waals surface area contributed by atoms with Crippen LogP contribution in [0.3, 0.4) is 0 Å². The van der Waals surface area contributed by atoms with Gasteiger partial charge in [0.15, 0.2) is 0 Å². The molecule has 0 aromatic heterocycles. The molecule has 0 atom stereocenters. The second-order valence-electron chi connectivity index (χ2n) is 3.98. The number of hydrogen-bond acceptors (Lipinski definition) is 1. The van der Waals surface area contributed by atoms with Gasteiger partial charge in [0.1, 0.15) is 5.75 Å². The summed E-state index contributed by atoms with van der Waals surface area (Å²) in [7, 11) is 0. The summed E-state index contributed by atoms with van der Waals surface area (Å²) >= 11 is 6.13. The maximum atomic E-state index is 12.4. The molecule has 0 bridgehead atoms. The van der Waals surface area contributed by atoms with Crippen molar-refractivity contribution in [1.82, 2.24) is 0 Å². The standard InChI is InChI=1S/C14H10ClF3O/c1-9-5-4-7-11(13(9)15)10-6-2-3-8-12(10)19-14(16,17)18/h2-8H,1H3. The summed E-state index contributed by atoms with van der Waals surface area (Å²) in [6, 6.07) is 11.1. The molecule has 0 saturated heterocycles. The van der Waals surface area contributed by atoms with Crippen LogP contribution in [-0.4, -0.2) is 6.36 Å². The fourth-order valence-electron chi connectivity index (χ4n) is 1.76. The molecule has 19 heavy (non-hydrogen) atoms. The van der Waals surface area contributed by atoms with Gasteiger partial charge in [-0.3, -0.25) is 0 Å². The zero-order valence-electron chi connectivity index (χ0n) is 9.96. The van der Waals surface area contributed by atoms with Crippen molar-refractivity contribution >= 4 is 11.6 Å². The molecule has 0 fully saturated rings. The molecule has 2 rings (SSSR count). The van der Waals surface area contributed by atoms with Crippen molar-refractivity contribution in [2.24, 2.45) is 0 Å². The first kappa shape index (κ1) is 13.7. The molecule has 5 heteroatoms. The van der Waals surface area contributed by atoms with E-state index in [0.29, 0.717) is 16.1 Å². The summed E-state index contributed by atoms with van der Waals surface area (Å²) in [5.41, 5.74) is 1.62. The maximum Gasteiger partial charge on any atom is 0.573 e. The van der Waals surface area contributed by atoms with Crippen LogP contribution in [0.1, 0.15) is 5.56 Å².